The van der Waals surface area contributed by atoms with E-state index >= 15 is 0 Å². The van der Waals surface area contributed by atoms with Crippen molar-refractivity contribution in [2.45, 2.75) is 31.4 Å². The number of nitrogens with zero attached hydrogens (tertiary/aromatic N) is 1. The van der Waals surface area contributed by atoms with Gasteiger partial charge >= 0.3 is 0 Å². The number of isocyanates is 1. The summed E-state index contributed by atoms with van der Waals surface area (Å²) in [6.07, 6.45) is 4.55. The van der Waals surface area contributed by atoms with E-state index in [1.54, 1.807) is 20.3 Å². The van der Waals surface area contributed by atoms with Crippen LogP contribution >= 0.6 is 0 Å². The van der Waals surface area contributed by atoms with Crippen molar-refractivity contribution in [1.29, 1.82) is 0 Å². The fourth-order valence-corrected chi connectivity index (χ4v) is 2.44. The zero-order valence-electron chi connectivity index (χ0n) is 10.7. The Hall–Kier alpha value is -1.64. The van der Waals surface area contributed by atoms with E-state index in [0.717, 1.165) is 36.1 Å². The van der Waals surface area contributed by atoms with Gasteiger partial charge in [-0.3, -0.25) is 0 Å². The van der Waals surface area contributed by atoms with Crippen molar-refractivity contribution in [2.75, 3.05) is 14.2 Å². The van der Waals surface area contributed by atoms with Crippen molar-refractivity contribution in [3.8, 4) is 5.75 Å². The zero-order chi connectivity index (χ0) is 13.0. The van der Waals surface area contributed by atoms with E-state index in [0.29, 0.717) is 6.61 Å². The monoisotopic (exact) mass is 247 g/mol. The highest BCUT2D eigenvalue weighted by Crippen LogP contribution is 2.46. The number of aliphatic imine (C=N–C) groups is 1. The zero-order valence-corrected chi connectivity index (χ0v) is 10.7. The molecule has 0 atom stereocenters. The summed E-state index contributed by atoms with van der Waals surface area (Å²) in [5.41, 5.74) is 1.67. The van der Waals surface area contributed by atoms with Crippen molar-refractivity contribution in [3.63, 3.8) is 0 Å². The molecule has 1 aliphatic rings. The minimum absolute atomic E-state index is 0.413. The smallest absolute Gasteiger partial charge is 0.235 e. The average molecular weight is 247 g/mol. The van der Waals surface area contributed by atoms with Gasteiger partial charge in [-0.2, -0.15) is 4.99 Å². The van der Waals surface area contributed by atoms with Gasteiger partial charge in [-0.15, -0.1) is 0 Å². The number of benzene rings is 1. The topological polar surface area (TPSA) is 47.9 Å². The molecule has 96 valence electrons. The van der Waals surface area contributed by atoms with Gasteiger partial charge in [0.15, 0.2) is 0 Å². The Balaban J connectivity index is 2.48. The van der Waals surface area contributed by atoms with Crippen LogP contribution in [0.2, 0.25) is 0 Å². The van der Waals surface area contributed by atoms with Gasteiger partial charge in [-0.25, -0.2) is 4.79 Å². The van der Waals surface area contributed by atoms with Crippen molar-refractivity contribution in [2.24, 2.45) is 4.99 Å². The summed E-state index contributed by atoms with van der Waals surface area (Å²) in [5.74, 6) is 0.775. The molecule has 0 N–H and O–H groups in total. The maximum Gasteiger partial charge on any atom is 0.235 e. The number of ether oxygens (including phenoxy) is 2. The number of rotatable bonds is 5. The third-order valence-corrected chi connectivity index (χ3v) is 3.56. The highest BCUT2D eigenvalue weighted by atomic mass is 16.5. The van der Waals surface area contributed by atoms with Crippen LogP contribution in [0.15, 0.2) is 23.2 Å². The van der Waals surface area contributed by atoms with Crippen LogP contribution in [0.5, 0.6) is 5.75 Å². The second-order valence-corrected chi connectivity index (χ2v) is 4.54. The molecule has 0 heterocycles. The van der Waals surface area contributed by atoms with E-state index in [2.05, 4.69) is 4.99 Å². The van der Waals surface area contributed by atoms with Crippen LogP contribution in [0.4, 0.5) is 0 Å². The number of methoxy groups -OCH3 is 2. The molecule has 0 aliphatic heterocycles. The van der Waals surface area contributed by atoms with E-state index in [9.17, 15) is 4.79 Å². The highest BCUT2D eigenvalue weighted by molar-refractivity contribution is 5.45. The Morgan fingerprint density at radius 2 is 2.17 bits per heavy atom. The molecule has 0 aromatic heterocycles. The average Bonchev–Trinajstić information content (AvgIpc) is 2.35. The molecule has 4 heteroatoms. The van der Waals surface area contributed by atoms with Crippen molar-refractivity contribution >= 4 is 6.08 Å². The SMILES string of the molecule is COCc1ccc(OC)cc1C1(N=C=O)CCC1. The van der Waals surface area contributed by atoms with Gasteiger partial charge in [-0.05, 0) is 42.5 Å². The molecule has 2 rings (SSSR count). The largest absolute Gasteiger partial charge is 0.497 e. The third kappa shape index (κ3) is 2.17. The van der Waals surface area contributed by atoms with E-state index in [1.807, 2.05) is 18.2 Å². The Bertz CT molecular complexity index is 474. The molecule has 1 saturated carbocycles. The fourth-order valence-electron chi connectivity index (χ4n) is 2.44. The fraction of sp³-hybridized carbons (Fsp3) is 0.500. The van der Waals surface area contributed by atoms with E-state index in [-0.39, 0.29) is 0 Å². The van der Waals surface area contributed by atoms with Crippen LogP contribution in [-0.2, 0) is 21.7 Å². The van der Waals surface area contributed by atoms with Crippen LogP contribution in [0.25, 0.3) is 0 Å². The van der Waals surface area contributed by atoms with Gasteiger partial charge in [0.1, 0.15) is 5.75 Å². The Labute approximate surface area is 107 Å². The predicted octanol–water partition coefficient (Wildman–Crippen LogP) is 2.56. The molecule has 0 radical (unpaired) electrons. The molecule has 1 aromatic carbocycles. The lowest BCUT2D eigenvalue weighted by Gasteiger charge is -2.38. The van der Waals surface area contributed by atoms with Gasteiger partial charge in [0.05, 0.1) is 19.3 Å². The summed E-state index contributed by atoms with van der Waals surface area (Å²) < 4.78 is 10.5. The highest BCUT2D eigenvalue weighted by Gasteiger charge is 2.40. The molecule has 0 amide bonds. The Kier molecular flexibility index (Phi) is 3.80. The molecule has 0 unspecified atom stereocenters. The number of hydrogen-bond donors (Lipinski definition) is 0. The third-order valence-electron chi connectivity index (χ3n) is 3.56. The molecule has 18 heavy (non-hydrogen) atoms. The standard InChI is InChI=1S/C14H17NO3/c1-17-9-11-4-5-12(18-2)8-13(11)14(15-10-16)6-3-7-14/h4-5,8H,3,6-7,9H2,1-2H3. The second-order valence-electron chi connectivity index (χ2n) is 4.54. The predicted molar refractivity (Wildman–Crippen MR) is 67.4 cm³/mol. The first-order chi connectivity index (χ1) is 8.75. The normalized spacial score (nSPS) is 16.6. The van der Waals surface area contributed by atoms with Crippen molar-refractivity contribution in [3.05, 3.63) is 29.3 Å². The molecule has 1 aliphatic carbocycles. The first-order valence-electron chi connectivity index (χ1n) is 6.01. The summed E-state index contributed by atoms with van der Waals surface area (Å²) in [7, 11) is 3.29. The lowest BCUT2D eigenvalue weighted by Crippen LogP contribution is -2.33. The molecule has 1 fully saturated rings. The molecule has 0 spiro atoms. The summed E-state index contributed by atoms with van der Waals surface area (Å²) in [5, 5.41) is 0. The Morgan fingerprint density at radius 1 is 1.39 bits per heavy atom. The van der Waals surface area contributed by atoms with Gasteiger partial charge in [0.25, 0.3) is 0 Å². The van der Waals surface area contributed by atoms with Gasteiger partial charge in [0, 0.05) is 7.11 Å². The molecule has 4 nitrogen and oxygen atoms in total. The van der Waals surface area contributed by atoms with Crippen LogP contribution in [0, 0.1) is 0 Å². The summed E-state index contributed by atoms with van der Waals surface area (Å²) in [6.45, 7) is 0.509. The van der Waals surface area contributed by atoms with Gasteiger partial charge < -0.3 is 9.47 Å². The molecular formula is C14H17NO3. The maximum atomic E-state index is 10.7. The first-order valence-corrected chi connectivity index (χ1v) is 6.01. The first kappa shape index (κ1) is 12.8. The minimum atomic E-state index is -0.413. The molecule has 0 bridgehead atoms. The van der Waals surface area contributed by atoms with Gasteiger partial charge in [0.2, 0.25) is 6.08 Å². The minimum Gasteiger partial charge on any atom is -0.497 e. The second kappa shape index (κ2) is 5.34. The lowest BCUT2D eigenvalue weighted by molar-refractivity contribution is 0.178. The maximum absolute atomic E-state index is 10.7. The molecular weight excluding hydrogens is 230 g/mol. The van der Waals surface area contributed by atoms with Crippen LogP contribution < -0.4 is 4.74 Å². The molecule has 0 saturated heterocycles. The number of carbonyl (C=O) groups excluding carboxylic acids is 1. The van der Waals surface area contributed by atoms with E-state index in [4.69, 9.17) is 9.47 Å². The number of hydrogen-bond acceptors (Lipinski definition) is 4. The summed E-state index contributed by atoms with van der Waals surface area (Å²) in [4.78, 5) is 14.7. The van der Waals surface area contributed by atoms with Crippen molar-refractivity contribution in [1.82, 2.24) is 0 Å². The Morgan fingerprint density at radius 3 is 2.67 bits per heavy atom. The van der Waals surface area contributed by atoms with Crippen LogP contribution in [0.1, 0.15) is 30.4 Å². The van der Waals surface area contributed by atoms with Crippen LogP contribution in [-0.4, -0.2) is 20.3 Å². The summed E-state index contributed by atoms with van der Waals surface area (Å²) >= 11 is 0. The quantitative estimate of drug-likeness (QED) is 0.593. The lowest BCUT2D eigenvalue weighted by atomic mass is 9.71. The van der Waals surface area contributed by atoms with Crippen LogP contribution in [0.3, 0.4) is 0 Å². The van der Waals surface area contributed by atoms with Gasteiger partial charge in [-0.1, -0.05) is 6.07 Å². The molecule has 1 aromatic rings. The summed E-state index contributed by atoms with van der Waals surface area (Å²) in [6, 6.07) is 5.82. The van der Waals surface area contributed by atoms with Crippen molar-refractivity contribution < 1.29 is 14.3 Å². The van der Waals surface area contributed by atoms with E-state index in [1.165, 1.54) is 0 Å². The van der Waals surface area contributed by atoms with E-state index < -0.39 is 5.54 Å².